The van der Waals surface area contributed by atoms with E-state index in [1.54, 1.807) is 11.1 Å². The van der Waals surface area contributed by atoms with Crippen molar-refractivity contribution in [1.29, 1.82) is 0 Å². The quantitative estimate of drug-likeness (QED) is 0.879. The van der Waals surface area contributed by atoms with Crippen LogP contribution in [0.1, 0.15) is 18.5 Å². The number of alkyl halides is 2. The summed E-state index contributed by atoms with van der Waals surface area (Å²) in [4.78, 5) is 13.1. The molecule has 0 radical (unpaired) electrons. The Labute approximate surface area is 138 Å². The van der Waals surface area contributed by atoms with Crippen molar-refractivity contribution in [3.63, 3.8) is 0 Å². The van der Waals surface area contributed by atoms with E-state index in [-0.39, 0.29) is 12.1 Å². The first-order valence-electron chi connectivity index (χ1n) is 7.64. The fraction of sp³-hybridized carbons (Fsp3) is 0.375. The first-order valence-corrected chi connectivity index (χ1v) is 7.64. The molecule has 1 aromatic carbocycles. The van der Waals surface area contributed by atoms with Crippen LogP contribution in [0.25, 0.3) is 0 Å². The van der Waals surface area contributed by atoms with E-state index < -0.39 is 13.0 Å². The summed E-state index contributed by atoms with van der Waals surface area (Å²) in [6.07, 6.45) is 0.311. The average molecular weight is 336 g/mol. The van der Waals surface area contributed by atoms with Crippen LogP contribution in [0.5, 0.6) is 0 Å². The lowest BCUT2D eigenvalue weighted by atomic mass is 10.1. The summed E-state index contributed by atoms with van der Waals surface area (Å²) in [6.45, 7) is 2.50. The van der Waals surface area contributed by atoms with E-state index in [1.807, 2.05) is 31.2 Å². The minimum atomic E-state index is -2.43. The molecule has 2 aromatic rings. The normalized spacial score (nSPS) is 15.7. The molecule has 1 amide bonds. The smallest absolute Gasteiger partial charge is 0.414 e. The molecule has 1 aromatic heterocycles. The summed E-state index contributed by atoms with van der Waals surface area (Å²) in [5.74, 6) is 0. The number of hydrogen-bond acceptors (Lipinski definition) is 4. The number of cyclic esters (lactones) is 1. The number of carbonyl (C=O) groups excluding carboxylic acids is 1. The van der Waals surface area contributed by atoms with Gasteiger partial charge in [-0.15, -0.1) is 0 Å². The van der Waals surface area contributed by atoms with Crippen LogP contribution in [0.3, 0.4) is 0 Å². The third-order valence-corrected chi connectivity index (χ3v) is 3.81. The highest BCUT2D eigenvalue weighted by molar-refractivity contribution is 5.89. The van der Waals surface area contributed by atoms with Crippen molar-refractivity contribution in [3.8, 4) is 0 Å². The van der Waals surface area contributed by atoms with Crippen molar-refractivity contribution >= 4 is 17.5 Å². The number of anilines is 2. The molecule has 0 bridgehead atoms. The summed E-state index contributed by atoms with van der Waals surface area (Å²) in [7, 11) is 0. The lowest BCUT2D eigenvalue weighted by molar-refractivity contribution is 0.122. The molecule has 1 N–H and O–H groups in total. The Morgan fingerprint density at radius 1 is 1.33 bits per heavy atom. The van der Waals surface area contributed by atoms with Gasteiger partial charge >= 0.3 is 6.09 Å². The number of hydrogen-bond donors (Lipinski definition) is 1. The van der Waals surface area contributed by atoms with Crippen LogP contribution in [0.4, 0.5) is 25.0 Å². The van der Waals surface area contributed by atoms with Crippen LogP contribution in [0.15, 0.2) is 36.7 Å². The van der Waals surface area contributed by atoms with E-state index in [9.17, 15) is 13.6 Å². The Balaban J connectivity index is 1.63. The third kappa shape index (κ3) is 3.64. The number of rotatable bonds is 6. The largest absolute Gasteiger partial charge is 0.447 e. The average Bonchev–Trinajstić information content (AvgIpc) is 3.16. The summed E-state index contributed by atoms with van der Waals surface area (Å²) >= 11 is 0. The Hall–Kier alpha value is -2.64. The summed E-state index contributed by atoms with van der Waals surface area (Å²) in [5, 5.41) is 7.11. The van der Waals surface area contributed by atoms with Crippen molar-refractivity contribution in [3.05, 3.63) is 42.2 Å². The Morgan fingerprint density at radius 3 is 2.71 bits per heavy atom. The zero-order valence-electron chi connectivity index (χ0n) is 13.2. The number of amides is 1. The van der Waals surface area contributed by atoms with Gasteiger partial charge in [0.1, 0.15) is 13.2 Å². The van der Waals surface area contributed by atoms with E-state index in [0.717, 1.165) is 11.3 Å². The second-order valence-corrected chi connectivity index (χ2v) is 5.57. The fourth-order valence-corrected chi connectivity index (χ4v) is 2.58. The first-order chi connectivity index (χ1) is 11.5. The molecule has 24 heavy (non-hydrogen) atoms. The van der Waals surface area contributed by atoms with Gasteiger partial charge in [-0.1, -0.05) is 12.1 Å². The second kappa shape index (κ2) is 6.86. The zero-order valence-corrected chi connectivity index (χ0v) is 13.2. The highest BCUT2D eigenvalue weighted by Crippen LogP contribution is 2.24. The predicted octanol–water partition coefficient (Wildman–Crippen LogP) is 3.28. The van der Waals surface area contributed by atoms with Crippen molar-refractivity contribution < 1.29 is 18.3 Å². The predicted molar refractivity (Wildman–Crippen MR) is 85.4 cm³/mol. The van der Waals surface area contributed by atoms with Crippen LogP contribution in [0, 0.1) is 0 Å². The molecule has 8 heteroatoms. The van der Waals surface area contributed by atoms with Gasteiger partial charge in [-0.05, 0) is 24.6 Å². The topological polar surface area (TPSA) is 59.4 Å². The molecule has 2 heterocycles. The van der Waals surface area contributed by atoms with Gasteiger partial charge in [-0.25, -0.2) is 13.6 Å². The number of aromatic nitrogens is 2. The molecule has 1 aliphatic rings. The number of benzene rings is 1. The Morgan fingerprint density at radius 2 is 2.08 bits per heavy atom. The third-order valence-electron chi connectivity index (χ3n) is 3.81. The lowest BCUT2D eigenvalue weighted by Crippen LogP contribution is -2.23. The summed E-state index contributed by atoms with van der Waals surface area (Å²) < 4.78 is 30.8. The van der Waals surface area contributed by atoms with Gasteiger partial charge in [-0.2, -0.15) is 5.10 Å². The molecule has 0 aliphatic carbocycles. The molecule has 6 nitrogen and oxygen atoms in total. The van der Waals surface area contributed by atoms with E-state index in [1.165, 1.54) is 10.9 Å². The minimum Gasteiger partial charge on any atom is -0.447 e. The van der Waals surface area contributed by atoms with Crippen LogP contribution in [-0.4, -0.2) is 35.5 Å². The van der Waals surface area contributed by atoms with Gasteiger partial charge in [0.25, 0.3) is 6.43 Å². The number of ether oxygens (including phenoxy) is 1. The highest BCUT2D eigenvalue weighted by atomic mass is 19.3. The number of halogens is 2. The SMILES string of the molecule is C[C@@H](Nc1cnn(CC(F)F)c1)c1ccc(N2CCOC2=O)cc1. The zero-order chi connectivity index (χ0) is 17.1. The maximum Gasteiger partial charge on any atom is 0.414 e. The molecular formula is C16H18F2N4O2. The molecule has 0 spiro atoms. The van der Waals surface area contributed by atoms with Crippen molar-refractivity contribution in [2.24, 2.45) is 0 Å². The van der Waals surface area contributed by atoms with Gasteiger partial charge < -0.3 is 10.1 Å². The van der Waals surface area contributed by atoms with Gasteiger partial charge in [0.05, 0.1) is 18.4 Å². The van der Waals surface area contributed by atoms with Crippen molar-refractivity contribution in [2.75, 3.05) is 23.4 Å². The maximum atomic E-state index is 12.3. The van der Waals surface area contributed by atoms with Crippen LogP contribution >= 0.6 is 0 Å². The molecule has 0 saturated carbocycles. The lowest BCUT2D eigenvalue weighted by Gasteiger charge is -2.17. The van der Waals surface area contributed by atoms with Crippen LogP contribution in [-0.2, 0) is 11.3 Å². The van der Waals surface area contributed by atoms with E-state index >= 15 is 0 Å². The number of nitrogens with zero attached hydrogens (tertiary/aromatic N) is 3. The number of nitrogens with one attached hydrogen (secondary N) is 1. The monoisotopic (exact) mass is 336 g/mol. The second-order valence-electron chi connectivity index (χ2n) is 5.57. The first kappa shape index (κ1) is 16.2. The maximum absolute atomic E-state index is 12.3. The van der Waals surface area contributed by atoms with Crippen LogP contribution < -0.4 is 10.2 Å². The molecular weight excluding hydrogens is 318 g/mol. The molecule has 128 valence electrons. The molecule has 1 fully saturated rings. The van der Waals surface area contributed by atoms with Crippen LogP contribution in [0.2, 0.25) is 0 Å². The van der Waals surface area contributed by atoms with E-state index in [4.69, 9.17) is 4.74 Å². The molecule has 1 saturated heterocycles. The Kier molecular flexibility index (Phi) is 4.64. The van der Waals surface area contributed by atoms with Gasteiger partial charge in [0, 0.05) is 17.9 Å². The molecule has 3 rings (SSSR count). The number of carbonyl (C=O) groups is 1. The molecule has 0 unspecified atom stereocenters. The van der Waals surface area contributed by atoms with Crippen molar-refractivity contribution in [1.82, 2.24) is 9.78 Å². The van der Waals surface area contributed by atoms with Gasteiger partial charge in [0.2, 0.25) is 0 Å². The summed E-state index contributed by atoms with van der Waals surface area (Å²) in [6, 6.07) is 7.53. The Bertz CT molecular complexity index is 702. The minimum absolute atomic E-state index is 0.0335. The fourth-order valence-electron chi connectivity index (χ4n) is 2.58. The molecule has 1 aliphatic heterocycles. The van der Waals surface area contributed by atoms with Gasteiger partial charge in [-0.3, -0.25) is 9.58 Å². The standard InChI is InChI=1S/C16H18F2N4O2/c1-11(20-13-8-19-21(9-13)10-15(17)18)12-2-4-14(5-3-12)22-6-7-24-16(22)23/h2-5,8-9,11,15,20H,6-7,10H2,1H3/t11-/m1/s1. The highest BCUT2D eigenvalue weighted by Gasteiger charge is 2.23. The van der Waals surface area contributed by atoms with Gasteiger partial charge in [0.15, 0.2) is 0 Å². The van der Waals surface area contributed by atoms with E-state index in [2.05, 4.69) is 10.4 Å². The van der Waals surface area contributed by atoms with Crippen molar-refractivity contribution in [2.45, 2.75) is 25.9 Å². The molecule has 1 atom stereocenters. The summed E-state index contributed by atoms with van der Waals surface area (Å²) in [5.41, 5.74) is 2.47. The van der Waals surface area contributed by atoms with E-state index in [0.29, 0.717) is 18.8 Å².